The number of benzene rings is 1. The topological polar surface area (TPSA) is 67.7 Å². The summed E-state index contributed by atoms with van der Waals surface area (Å²) in [5.74, 6) is 0.685. The fourth-order valence-electron chi connectivity index (χ4n) is 4.86. The summed E-state index contributed by atoms with van der Waals surface area (Å²) in [6.07, 6.45) is 10.7. The average molecular weight is 425 g/mol. The van der Waals surface area contributed by atoms with Gasteiger partial charge in [0.2, 0.25) is 0 Å². The van der Waals surface area contributed by atoms with E-state index in [9.17, 15) is 9.59 Å². The molecule has 2 aliphatic rings. The molecule has 7 nitrogen and oxygen atoms in total. The second-order valence-corrected chi connectivity index (χ2v) is 8.78. The van der Waals surface area contributed by atoms with Crippen LogP contribution in [0.3, 0.4) is 0 Å². The van der Waals surface area contributed by atoms with E-state index in [-0.39, 0.29) is 30.5 Å². The van der Waals surface area contributed by atoms with Crippen molar-refractivity contribution >= 4 is 11.8 Å². The van der Waals surface area contributed by atoms with E-state index in [0.717, 1.165) is 38.8 Å². The Morgan fingerprint density at radius 2 is 1.71 bits per heavy atom. The minimum absolute atomic E-state index is 0.0283. The number of ether oxygens (including phenoxy) is 1. The number of hydrogen-bond acceptors (Lipinski definition) is 4. The highest BCUT2D eigenvalue weighted by molar-refractivity contribution is 5.94. The van der Waals surface area contributed by atoms with E-state index in [0.29, 0.717) is 17.4 Å². The maximum atomic E-state index is 12.9. The van der Waals surface area contributed by atoms with Crippen molar-refractivity contribution in [3.8, 4) is 5.75 Å². The van der Waals surface area contributed by atoms with E-state index in [1.807, 2.05) is 22.3 Å². The third kappa shape index (κ3) is 4.92. The highest BCUT2D eigenvalue weighted by atomic mass is 16.5. The van der Waals surface area contributed by atoms with Crippen LogP contribution in [0.1, 0.15) is 62.4 Å². The lowest BCUT2D eigenvalue weighted by atomic mass is 9.97. The van der Waals surface area contributed by atoms with Gasteiger partial charge in [-0.1, -0.05) is 0 Å². The second kappa shape index (κ2) is 9.54. The number of piperidine rings is 2. The molecule has 4 rings (SSSR count). The highest BCUT2D eigenvalue weighted by Gasteiger charge is 2.29. The molecule has 1 aromatic heterocycles. The highest BCUT2D eigenvalue weighted by Crippen LogP contribution is 2.25. The van der Waals surface area contributed by atoms with Gasteiger partial charge in [-0.25, -0.2) is 4.98 Å². The zero-order valence-electron chi connectivity index (χ0n) is 18.4. The first kappa shape index (κ1) is 21.4. The number of imidazole rings is 1. The molecule has 0 spiro atoms. The predicted octanol–water partition coefficient (Wildman–Crippen LogP) is 3.53. The van der Waals surface area contributed by atoms with Gasteiger partial charge in [-0.2, -0.15) is 0 Å². The van der Waals surface area contributed by atoms with Crippen molar-refractivity contribution in [2.75, 3.05) is 19.7 Å². The summed E-state index contributed by atoms with van der Waals surface area (Å²) in [5.41, 5.74) is 0.651. The van der Waals surface area contributed by atoms with E-state index < -0.39 is 0 Å². The maximum absolute atomic E-state index is 12.9. The van der Waals surface area contributed by atoms with Gasteiger partial charge < -0.3 is 19.1 Å². The molecule has 2 atom stereocenters. The van der Waals surface area contributed by atoms with Crippen molar-refractivity contribution in [3.05, 3.63) is 48.5 Å². The summed E-state index contributed by atoms with van der Waals surface area (Å²) < 4.78 is 7.85. The number of aromatic nitrogens is 2. The van der Waals surface area contributed by atoms with Crippen molar-refractivity contribution in [2.24, 2.45) is 0 Å². The van der Waals surface area contributed by atoms with Crippen LogP contribution in [-0.4, -0.2) is 62.9 Å². The molecule has 2 aliphatic heterocycles. The number of nitrogens with zero attached hydrogens (tertiary/aromatic N) is 4. The molecule has 0 saturated carbocycles. The van der Waals surface area contributed by atoms with Crippen LogP contribution < -0.4 is 4.74 Å². The van der Waals surface area contributed by atoms with Crippen LogP contribution in [-0.2, 0) is 4.79 Å². The summed E-state index contributed by atoms with van der Waals surface area (Å²) in [7, 11) is 0. The first-order valence-electron chi connectivity index (χ1n) is 11.3. The van der Waals surface area contributed by atoms with E-state index in [1.54, 1.807) is 30.5 Å². The molecule has 2 amide bonds. The van der Waals surface area contributed by atoms with Gasteiger partial charge in [0.05, 0.1) is 6.33 Å². The normalized spacial score (nSPS) is 22.4. The Morgan fingerprint density at radius 1 is 1.03 bits per heavy atom. The first-order chi connectivity index (χ1) is 15.0. The molecule has 2 aromatic rings. The summed E-state index contributed by atoms with van der Waals surface area (Å²) in [4.78, 5) is 33.5. The number of hydrogen-bond donors (Lipinski definition) is 0. The van der Waals surface area contributed by atoms with E-state index in [4.69, 9.17) is 4.74 Å². The van der Waals surface area contributed by atoms with Crippen LogP contribution in [0.15, 0.2) is 43.0 Å². The Hall–Kier alpha value is -2.83. The van der Waals surface area contributed by atoms with Crippen molar-refractivity contribution in [3.63, 3.8) is 0 Å². The van der Waals surface area contributed by atoms with Crippen LogP contribution in [0.2, 0.25) is 0 Å². The van der Waals surface area contributed by atoms with E-state index in [2.05, 4.69) is 23.4 Å². The predicted molar refractivity (Wildman–Crippen MR) is 118 cm³/mol. The largest absolute Gasteiger partial charge is 0.484 e. The standard InChI is InChI=1S/C24H32N4O3/c1-18-4-3-5-19(2)28(18)23(29)16-31-22-8-6-20(7-9-22)24(30)26-13-10-21(11-14-26)27-15-12-25-17-27/h6-9,12,15,17-19,21H,3-5,10-11,13-14,16H2,1-2H3. The molecule has 1 aromatic carbocycles. The summed E-state index contributed by atoms with van der Waals surface area (Å²) in [6.45, 7) is 5.71. The van der Waals surface area contributed by atoms with E-state index in [1.165, 1.54) is 6.42 Å². The fraction of sp³-hybridized carbons (Fsp3) is 0.542. The number of carbonyl (C=O) groups is 2. The van der Waals surface area contributed by atoms with Gasteiger partial charge in [-0.05, 0) is 70.2 Å². The quantitative estimate of drug-likeness (QED) is 0.736. The molecule has 2 unspecified atom stereocenters. The molecule has 0 N–H and O–H groups in total. The molecular formula is C24H32N4O3. The monoisotopic (exact) mass is 424 g/mol. The lowest BCUT2D eigenvalue weighted by molar-refractivity contribution is -0.139. The number of carbonyl (C=O) groups excluding carboxylic acids is 2. The zero-order chi connectivity index (χ0) is 21.8. The minimum Gasteiger partial charge on any atom is -0.484 e. The van der Waals surface area contributed by atoms with Gasteiger partial charge in [0, 0.05) is 49.2 Å². The lowest BCUT2D eigenvalue weighted by Crippen LogP contribution is -2.49. The summed E-state index contributed by atoms with van der Waals surface area (Å²) in [5, 5.41) is 0. The zero-order valence-corrected chi connectivity index (χ0v) is 18.4. The molecule has 2 saturated heterocycles. The van der Waals surface area contributed by atoms with Crippen molar-refractivity contribution in [1.29, 1.82) is 0 Å². The summed E-state index contributed by atoms with van der Waals surface area (Å²) in [6, 6.07) is 8.07. The van der Waals surface area contributed by atoms with E-state index >= 15 is 0 Å². The van der Waals surface area contributed by atoms with Crippen LogP contribution >= 0.6 is 0 Å². The van der Waals surface area contributed by atoms with Gasteiger partial charge in [-0.15, -0.1) is 0 Å². The molecule has 31 heavy (non-hydrogen) atoms. The van der Waals surface area contributed by atoms with Gasteiger partial charge in [-0.3, -0.25) is 9.59 Å². The molecule has 0 bridgehead atoms. The second-order valence-electron chi connectivity index (χ2n) is 8.78. The molecular weight excluding hydrogens is 392 g/mol. The fourth-order valence-corrected chi connectivity index (χ4v) is 4.86. The van der Waals surface area contributed by atoms with Crippen LogP contribution in [0, 0.1) is 0 Å². The first-order valence-corrected chi connectivity index (χ1v) is 11.3. The lowest BCUT2D eigenvalue weighted by Gasteiger charge is -2.38. The molecule has 0 radical (unpaired) electrons. The van der Waals surface area contributed by atoms with Crippen LogP contribution in [0.5, 0.6) is 5.75 Å². The van der Waals surface area contributed by atoms with Gasteiger partial charge in [0.1, 0.15) is 5.75 Å². The Bertz CT molecular complexity index is 863. The van der Waals surface area contributed by atoms with Gasteiger partial charge in [0.25, 0.3) is 11.8 Å². The van der Waals surface area contributed by atoms with Crippen molar-refractivity contribution < 1.29 is 14.3 Å². The molecule has 2 fully saturated rings. The Labute approximate surface area is 184 Å². The van der Waals surface area contributed by atoms with Crippen molar-refractivity contribution in [1.82, 2.24) is 19.4 Å². The molecule has 166 valence electrons. The number of amides is 2. The Kier molecular flexibility index (Phi) is 6.59. The Morgan fingerprint density at radius 3 is 2.32 bits per heavy atom. The number of likely N-dealkylation sites (tertiary alicyclic amines) is 2. The van der Waals surface area contributed by atoms with Crippen LogP contribution in [0.25, 0.3) is 0 Å². The smallest absolute Gasteiger partial charge is 0.260 e. The Balaban J connectivity index is 1.28. The molecule has 7 heteroatoms. The van der Waals surface area contributed by atoms with Gasteiger partial charge in [0.15, 0.2) is 6.61 Å². The summed E-state index contributed by atoms with van der Waals surface area (Å²) >= 11 is 0. The SMILES string of the molecule is CC1CCCC(C)N1C(=O)COc1ccc(C(=O)N2CCC(n3ccnc3)CC2)cc1. The molecule has 0 aliphatic carbocycles. The third-order valence-electron chi connectivity index (χ3n) is 6.64. The van der Waals surface area contributed by atoms with Crippen molar-refractivity contribution in [2.45, 2.75) is 64.1 Å². The third-order valence-corrected chi connectivity index (χ3v) is 6.64. The molecule has 3 heterocycles. The van der Waals surface area contributed by atoms with Gasteiger partial charge >= 0.3 is 0 Å². The van der Waals surface area contributed by atoms with Crippen LogP contribution in [0.4, 0.5) is 0 Å². The maximum Gasteiger partial charge on any atom is 0.260 e. The average Bonchev–Trinajstić information content (AvgIpc) is 3.33. The minimum atomic E-state index is 0.0283. The number of rotatable bonds is 5.